The van der Waals surface area contributed by atoms with Crippen LogP contribution in [0.5, 0.6) is 0 Å². The monoisotopic (exact) mass is 274 g/mol. The van der Waals surface area contributed by atoms with Gasteiger partial charge in [-0.3, -0.25) is 4.79 Å². The van der Waals surface area contributed by atoms with E-state index in [1.165, 1.54) is 6.07 Å². The van der Waals surface area contributed by atoms with Crippen molar-refractivity contribution in [3.8, 4) is 0 Å². The number of Topliss-reactive ketones (excluding diaryl/α,β-unsaturated/α-hetero) is 1. The number of benzene rings is 1. The highest BCUT2D eigenvalue weighted by Gasteiger charge is 2.47. The summed E-state index contributed by atoms with van der Waals surface area (Å²) >= 11 is 0. The Kier molecular flexibility index (Phi) is 3.70. The van der Waals surface area contributed by atoms with Crippen molar-refractivity contribution >= 4 is 5.78 Å². The van der Waals surface area contributed by atoms with Crippen LogP contribution in [0.2, 0.25) is 0 Å². The molecule has 0 amide bonds. The molecule has 1 fully saturated rings. The summed E-state index contributed by atoms with van der Waals surface area (Å²) in [7, 11) is 0. The molecule has 2 aliphatic carbocycles. The molecule has 0 radical (unpaired) electrons. The zero-order valence-corrected chi connectivity index (χ0v) is 11.6. The van der Waals surface area contributed by atoms with Crippen LogP contribution in [0.15, 0.2) is 30.4 Å². The van der Waals surface area contributed by atoms with Crippen molar-refractivity contribution in [2.45, 2.75) is 38.2 Å². The molecule has 20 heavy (non-hydrogen) atoms. The minimum Gasteiger partial charge on any atom is -0.373 e. The van der Waals surface area contributed by atoms with Crippen LogP contribution in [-0.2, 0) is 4.74 Å². The lowest BCUT2D eigenvalue weighted by atomic mass is 9.77. The SMILES string of the molecule is CC=CCOC1CCCC2c3c(F)cccc3C(=O)C12. The maximum absolute atomic E-state index is 14.1. The molecule has 0 heterocycles. The Bertz CT molecular complexity index is 550. The molecule has 3 unspecified atom stereocenters. The third-order valence-corrected chi connectivity index (χ3v) is 4.47. The fourth-order valence-corrected chi connectivity index (χ4v) is 3.60. The molecule has 3 heteroatoms. The lowest BCUT2D eigenvalue weighted by molar-refractivity contribution is 0.00367. The first-order chi connectivity index (χ1) is 9.74. The molecule has 1 saturated carbocycles. The van der Waals surface area contributed by atoms with E-state index in [2.05, 4.69) is 0 Å². The summed E-state index contributed by atoms with van der Waals surface area (Å²) in [6, 6.07) is 4.83. The molecule has 0 bridgehead atoms. The lowest BCUT2D eigenvalue weighted by Gasteiger charge is -2.32. The summed E-state index contributed by atoms with van der Waals surface area (Å²) in [4.78, 5) is 12.6. The molecule has 0 spiro atoms. The van der Waals surface area contributed by atoms with Crippen molar-refractivity contribution in [1.29, 1.82) is 0 Å². The van der Waals surface area contributed by atoms with Crippen LogP contribution in [0.25, 0.3) is 0 Å². The van der Waals surface area contributed by atoms with Crippen LogP contribution >= 0.6 is 0 Å². The first-order valence-electron chi connectivity index (χ1n) is 7.29. The smallest absolute Gasteiger partial charge is 0.169 e. The van der Waals surface area contributed by atoms with Gasteiger partial charge in [-0.25, -0.2) is 4.39 Å². The van der Waals surface area contributed by atoms with Crippen LogP contribution in [0.3, 0.4) is 0 Å². The number of halogens is 1. The van der Waals surface area contributed by atoms with E-state index in [0.717, 1.165) is 19.3 Å². The predicted molar refractivity (Wildman–Crippen MR) is 75.4 cm³/mol. The van der Waals surface area contributed by atoms with E-state index in [-0.39, 0.29) is 29.5 Å². The van der Waals surface area contributed by atoms with Crippen LogP contribution in [0.1, 0.15) is 48.0 Å². The molecule has 3 rings (SSSR count). The molecular weight excluding hydrogens is 255 g/mol. The molecule has 0 aromatic heterocycles. The molecule has 3 atom stereocenters. The van der Waals surface area contributed by atoms with Crippen LogP contribution in [0, 0.1) is 11.7 Å². The van der Waals surface area contributed by atoms with Crippen molar-refractivity contribution in [1.82, 2.24) is 0 Å². The van der Waals surface area contributed by atoms with E-state index in [0.29, 0.717) is 17.7 Å². The summed E-state index contributed by atoms with van der Waals surface area (Å²) in [6.45, 7) is 2.47. The minimum absolute atomic E-state index is 0.00283. The van der Waals surface area contributed by atoms with Crippen LogP contribution < -0.4 is 0 Å². The summed E-state index contributed by atoms with van der Waals surface area (Å²) in [5, 5.41) is 0. The average molecular weight is 274 g/mol. The highest BCUT2D eigenvalue weighted by molar-refractivity contribution is 6.03. The van der Waals surface area contributed by atoms with Crippen LogP contribution in [-0.4, -0.2) is 18.5 Å². The van der Waals surface area contributed by atoms with Crippen molar-refractivity contribution < 1.29 is 13.9 Å². The van der Waals surface area contributed by atoms with Gasteiger partial charge in [0.2, 0.25) is 0 Å². The van der Waals surface area contributed by atoms with Gasteiger partial charge in [-0.2, -0.15) is 0 Å². The van der Waals surface area contributed by atoms with Crippen molar-refractivity contribution in [3.63, 3.8) is 0 Å². The molecule has 1 aromatic carbocycles. The van der Waals surface area contributed by atoms with E-state index < -0.39 is 0 Å². The third-order valence-electron chi connectivity index (χ3n) is 4.47. The van der Waals surface area contributed by atoms with E-state index in [1.54, 1.807) is 12.1 Å². The van der Waals surface area contributed by atoms with Gasteiger partial charge in [-0.15, -0.1) is 0 Å². The largest absolute Gasteiger partial charge is 0.373 e. The van der Waals surface area contributed by atoms with Gasteiger partial charge in [-0.1, -0.05) is 30.7 Å². The fraction of sp³-hybridized carbons (Fsp3) is 0.471. The Labute approximate surface area is 118 Å². The first kappa shape index (κ1) is 13.5. The van der Waals surface area contributed by atoms with Gasteiger partial charge in [0.25, 0.3) is 0 Å². The van der Waals surface area contributed by atoms with E-state index in [4.69, 9.17) is 4.74 Å². The van der Waals surface area contributed by atoms with Gasteiger partial charge in [0.05, 0.1) is 18.6 Å². The Morgan fingerprint density at radius 2 is 2.25 bits per heavy atom. The normalized spacial score (nSPS) is 28.7. The zero-order valence-electron chi connectivity index (χ0n) is 11.6. The highest BCUT2D eigenvalue weighted by atomic mass is 19.1. The Morgan fingerprint density at radius 1 is 1.40 bits per heavy atom. The summed E-state index contributed by atoms with van der Waals surface area (Å²) in [6.07, 6.45) is 6.56. The van der Waals surface area contributed by atoms with E-state index in [1.807, 2.05) is 19.1 Å². The number of carbonyl (C=O) groups excluding carboxylic acids is 1. The summed E-state index contributed by atoms with van der Waals surface area (Å²) in [5.74, 6) is -0.365. The number of ether oxygens (including phenoxy) is 1. The number of fused-ring (bicyclic) bond motifs is 3. The molecule has 0 aliphatic heterocycles. The van der Waals surface area contributed by atoms with Crippen molar-refractivity contribution in [3.05, 3.63) is 47.3 Å². The van der Waals surface area contributed by atoms with Crippen molar-refractivity contribution in [2.24, 2.45) is 5.92 Å². The topological polar surface area (TPSA) is 26.3 Å². The first-order valence-corrected chi connectivity index (χ1v) is 7.29. The van der Waals surface area contributed by atoms with Crippen molar-refractivity contribution in [2.75, 3.05) is 6.61 Å². The molecule has 106 valence electrons. The zero-order chi connectivity index (χ0) is 14.1. The summed E-state index contributed by atoms with van der Waals surface area (Å²) in [5.41, 5.74) is 1.20. The number of rotatable bonds is 3. The maximum Gasteiger partial charge on any atom is 0.169 e. The molecule has 1 aromatic rings. The standard InChI is InChI=1S/C17H19FO2/c1-2-3-10-20-14-9-5-6-11-15-12(17(19)16(11)14)7-4-8-13(15)18/h2-4,7-8,11,14,16H,5-6,9-10H2,1H3. The molecule has 0 N–H and O–H groups in total. The van der Waals surface area contributed by atoms with Gasteiger partial charge >= 0.3 is 0 Å². The number of allylic oxidation sites excluding steroid dienone is 1. The number of carbonyl (C=O) groups is 1. The maximum atomic E-state index is 14.1. The number of ketones is 1. The van der Waals surface area contributed by atoms with Gasteiger partial charge in [0, 0.05) is 17.0 Å². The molecule has 2 nitrogen and oxygen atoms in total. The summed E-state index contributed by atoms with van der Waals surface area (Å²) < 4.78 is 19.9. The quantitative estimate of drug-likeness (QED) is 0.782. The van der Waals surface area contributed by atoms with Gasteiger partial charge in [0.1, 0.15) is 5.82 Å². The van der Waals surface area contributed by atoms with Gasteiger partial charge < -0.3 is 4.74 Å². The highest BCUT2D eigenvalue weighted by Crippen LogP contribution is 2.48. The second kappa shape index (κ2) is 5.49. The average Bonchev–Trinajstić information content (AvgIpc) is 2.75. The number of hydrogen-bond acceptors (Lipinski definition) is 2. The molecule has 2 aliphatic rings. The molecular formula is C17H19FO2. The molecule has 0 saturated heterocycles. The number of hydrogen-bond donors (Lipinski definition) is 0. The predicted octanol–water partition coefficient (Wildman–Crippen LogP) is 3.87. The Balaban J connectivity index is 1.90. The van der Waals surface area contributed by atoms with Crippen LogP contribution in [0.4, 0.5) is 4.39 Å². The van der Waals surface area contributed by atoms with Gasteiger partial charge in [-0.05, 0) is 25.8 Å². The van der Waals surface area contributed by atoms with E-state index in [9.17, 15) is 9.18 Å². The van der Waals surface area contributed by atoms with Gasteiger partial charge in [0.15, 0.2) is 5.78 Å². The Hall–Kier alpha value is -1.48. The lowest BCUT2D eigenvalue weighted by Crippen LogP contribution is -2.34. The third kappa shape index (κ3) is 2.10. The minimum atomic E-state index is -0.238. The van der Waals surface area contributed by atoms with E-state index >= 15 is 0 Å². The fourth-order valence-electron chi connectivity index (χ4n) is 3.60. The second-order valence-corrected chi connectivity index (χ2v) is 5.57. The Morgan fingerprint density at radius 3 is 3.05 bits per heavy atom. The second-order valence-electron chi connectivity index (χ2n) is 5.57.